The number of aromatic nitrogens is 4. The summed E-state index contributed by atoms with van der Waals surface area (Å²) in [6.07, 6.45) is -4.40. The standard InChI is InChI=1S/C18H28N6O5S/c1-4-30-17-20-14(23-7-5-22(2)6-8-23)11-15(21-17)24(18(19-11)28-3)16-13(27)12(26)10(9-25)29-16/h10,12-13,16,25-27H,4-9H2,1-3H3/t10-,12-,13-,16-/m1/s1. The summed E-state index contributed by atoms with van der Waals surface area (Å²) >= 11 is 1.51. The van der Waals surface area contributed by atoms with Crippen molar-refractivity contribution in [2.45, 2.75) is 36.6 Å². The fourth-order valence-electron chi connectivity index (χ4n) is 3.82. The summed E-state index contributed by atoms with van der Waals surface area (Å²) in [6, 6.07) is 0.197. The summed E-state index contributed by atoms with van der Waals surface area (Å²) in [5.41, 5.74) is 1.01. The van der Waals surface area contributed by atoms with Gasteiger partial charge in [0.2, 0.25) is 0 Å². The minimum Gasteiger partial charge on any atom is -0.468 e. The summed E-state index contributed by atoms with van der Waals surface area (Å²) < 4.78 is 12.7. The molecule has 4 atom stereocenters. The van der Waals surface area contributed by atoms with Crippen LogP contribution in [0, 0.1) is 0 Å². The van der Waals surface area contributed by atoms with Gasteiger partial charge in [0.1, 0.15) is 18.3 Å². The zero-order valence-corrected chi connectivity index (χ0v) is 18.1. The van der Waals surface area contributed by atoms with E-state index < -0.39 is 31.1 Å². The Morgan fingerprint density at radius 3 is 2.47 bits per heavy atom. The molecule has 166 valence electrons. The molecule has 0 saturated carbocycles. The first-order valence-electron chi connectivity index (χ1n) is 10.0. The van der Waals surface area contributed by atoms with Crippen molar-refractivity contribution in [3.63, 3.8) is 0 Å². The van der Waals surface area contributed by atoms with E-state index in [-0.39, 0.29) is 6.01 Å². The maximum absolute atomic E-state index is 10.6. The van der Waals surface area contributed by atoms with Crippen LogP contribution in [-0.2, 0) is 4.74 Å². The fraction of sp³-hybridized carbons (Fsp3) is 0.722. The monoisotopic (exact) mass is 440 g/mol. The lowest BCUT2D eigenvalue weighted by molar-refractivity contribution is -0.0537. The van der Waals surface area contributed by atoms with E-state index in [0.717, 1.165) is 31.9 Å². The number of aliphatic hydroxyl groups excluding tert-OH is 3. The zero-order chi connectivity index (χ0) is 21.4. The number of anilines is 1. The van der Waals surface area contributed by atoms with Crippen LogP contribution in [0.3, 0.4) is 0 Å². The van der Waals surface area contributed by atoms with E-state index in [0.29, 0.717) is 22.1 Å². The summed E-state index contributed by atoms with van der Waals surface area (Å²) in [5.74, 6) is 1.51. The van der Waals surface area contributed by atoms with Crippen LogP contribution < -0.4 is 9.64 Å². The number of nitrogens with zero attached hydrogens (tertiary/aromatic N) is 6. The van der Waals surface area contributed by atoms with Crippen LogP contribution in [0.4, 0.5) is 5.82 Å². The molecule has 0 amide bonds. The number of fused-ring (bicyclic) bond motifs is 1. The van der Waals surface area contributed by atoms with Gasteiger partial charge in [-0.05, 0) is 12.8 Å². The smallest absolute Gasteiger partial charge is 0.300 e. The van der Waals surface area contributed by atoms with Crippen molar-refractivity contribution in [2.24, 2.45) is 0 Å². The summed E-state index contributed by atoms with van der Waals surface area (Å²) in [7, 11) is 3.56. The highest BCUT2D eigenvalue weighted by Crippen LogP contribution is 2.38. The zero-order valence-electron chi connectivity index (χ0n) is 17.3. The van der Waals surface area contributed by atoms with Crippen LogP contribution in [0.2, 0.25) is 0 Å². The second-order valence-corrected chi connectivity index (χ2v) is 8.65. The van der Waals surface area contributed by atoms with Gasteiger partial charge in [-0.3, -0.25) is 0 Å². The maximum Gasteiger partial charge on any atom is 0.300 e. The third kappa shape index (κ3) is 3.72. The number of aliphatic hydroxyl groups is 3. The predicted molar refractivity (Wildman–Crippen MR) is 111 cm³/mol. The van der Waals surface area contributed by atoms with Gasteiger partial charge >= 0.3 is 6.01 Å². The van der Waals surface area contributed by atoms with Crippen LogP contribution in [0.5, 0.6) is 6.01 Å². The average molecular weight is 441 g/mol. The minimum atomic E-state index is -1.27. The molecule has 2 fully saturated rings. The van der Waals surface area contributed by atoms with Crippen LogP contribution >= 0.6 is 11.8 Å². The van der Waals surface area contributed by atoms with Crippen molar-refractivity contribution in [1.82, 2.24) is 24.4 Å². The van der Waals surface area contributed by atoms with Gasteiger partial charge in [0.25, 0.3) is 0 Å². The summed E-state index contributed by atoms with van der Waals surface area (Å²) in [5, 5.41) is 30.9. The van der Waals surface area contributed by atoms with Crippen molar-refractivity contribution >= 4 is 28.7 Å². The number of thioether (sulfide) groups is 1. The molecule has 2 aromatic heterocycles. The quantitative estimate of drug-likeness (QED) is 0.390. The Morgan fingerprint density at radius 1 is 1.13 bits per heavy atom. The lowest BCUT2D eigenvalue weighted by Crippen LogP contribution is -2.45. The van der Waals surface area contributed by atoms with Gasteiger partial charge in [-0.1, -0.05) is 18.7 Å². The second kappa shape index (κ2) is 8.81. The largest absolute Gasteiger partial charge is 0.468 e. The van der Waals surface area contributed by atoms with E-state index in [4.69, 9.17) is 14.5 Å². The van der Waals surface area contributed by atoms with Gasteiger partial charge < -0.3 is 34.6 Å². The molecule has 0 aliphatic carbocycles. The summed E-state index contributed by atoms with van der Waals surface area (Å²) in [6.45, 7) is 5.05. The highest BCUT2D eigenvalue weighted by Gasteiger charge is 2.45. The first-order chi connectivity index (χ1) is 14.5. The molecule has 0 bridgehead atoms. The van der Waals surface area contributed by atoms with E-state index >= 15 is 0 Å². The number of piperazine rings is 1. The van der Waals surface area contributed by atoms with Crippen LogP contribution in [0.1, 0.15) is 13.2 Å². The molecule has 3 N–H and O–H groups in total. The van der Waals surface area contributed by atoms with Gasteiger partial charge in [-0.15, -0.1) is 0 Å². The van der Waals surface area contributed by atoms with Gasteiger partial charge in [0.05, 0.1) is 13.7 Å². The lowest BCUT2D eigenvalue weighted by atomic mass is 10.1. The Balaban J connectivity index is 1.84. The normalized spacial score (nSPS) is 27.9. The molecular weight excluding hydrogens is 412 g/mol. The number of methoxy groups -OCH3 is 1. The van der Waals surface area contributed by atoms with Crippen molar-refractivity contribution < 1.29 is 24.8 Å². The van der Waals surface area contributed by atoms with Crippen molar-refractivity contribution in [3.8, 4) is 6.01 Å². The van der Waals surface area contributed by atoms with Crippen molar-refractivity contribution in [1.29, 1.82) is 0 Å². The molecule has 2 aliphatic rings. The molecule has 4 heterocycles. The molecule has 11 nitrogen and oxygen atoms in total. The molecule has 30 heavy (non-hydrogen) atoms. The number of likely N-dealkylation sites (N-methyl/N-ethyl adjacent to an activating group) is 1. The molecule has 2 aromatic rings. The highest BCUT2D eigenvalue weighted by atomic mass is 32.2. The van der Waals surface area contributed by atoms with Crippen LogP contribution in [0.15, 0.2) is 5.16 Å². The molecular formula is C18H28N6O5S. The topological polar surface area (TPSA) is 129 Å². The first kappa shape index (κ1) is 21.5. The Morgan fingerprint density at radius 2 is 1.87 bits per heavy atom. The van der Waals surface area contributed by atoms with Crippen LogP contribution in [0.25, 0.3) is 11.2 Å². The third-order valence-corrected chi connectivity index (χ3v) is 6.23. The second-order valence-electron chi connectivity index (χ2n) is 7.42. The number of hydrogen-bond donors (Lipinski definition) is 3. The Kier molecular flexibility index (Phi) is 6.32. The van der Waals surface area contributed by atoms with Crippen molar-refractivity contribution in [2.75, 3.05) is 57.6 Å². The SMILES string of the molecule is CCSc1nc(N2CCN(C)CC2)c2nc(OC)n([C@@H]3O[C@H](CO)[C@@H](O)[C@H]3O)c2n1. The molecule has 4 rings (SSSR count). The van der Waals surface area contributed by atoms with E-state index in [1.54, 1.807) is 4.57 Å². The molecule has 0 spiro atoms. The lowest BCUT2D eigenvalue weighted by Gasteiger charge is -2.33. The Bertz CT molecular complexity index is 890. The van der Waals surface area contributed by atoms with Crippen molar-refractivity contribution in [3.05, 3.63) is 0 Å². The van der Waals surface area contributed by atoms with Gasteiger partial charge in [-0.25, -0.2) is 14.5 Å². The molecule has 12 heteroatoms. The number of hydrogen-bond acceptors (Lipinski definition) is 11. The Labute approximate surface area is 178 Å². The average Bonchev–Trinajstić information content (AvgIpc) is 3.25. The first-order valence-corrected chi connectivity index (χ1v) is 11.0. The van der Waals surface area contributed by atoms with Gasteiger partial charge in [-0.2, -0.15) is 4.98 Å². The number of rotatable bonds is 6. The third-order valence-electron chi connectivity index (χ3n) is 5.50. The Hall–Kier alpha value is -1.70. The molecule has 0 aromatic carbocycles. The van der Waals surface area contributed by atoms with E-state index in [2.05, 4.69) is 26.8 Å². The highest BCUT2D eigenvalue weighted by molar-refractivity contribution is 7.99. The predicted octanol–water partition coefficient (Wildman–Crippen LogP) is -0.690. The number of imidazole rings is 1. The van der Waals surface area contributed by atoms with Gasteiger partial charge in [0, 0.05) is 26.2 Å². The molecule has 0 unspecified atom stereocenters. The minimum absolute atomic E-state index is 0.197. The maximum atomic E-state index is 10.6. The van der Waals surface area contributed by atoms with E-state index in [9.17, 15) is 15.3 Å². The van der Waals surface area contributed by atoms with E-state index in [1.807, 2.05) is 6.92 Å². The number of ether oxygens (including phenoxy) is 2. The van der Waals surface area contributed by atoms with E-state index in [1.165, 1.54) is 18.9 Å². The molecule has 2 saturated heterocycles. The van der Waals surface area contributed by atoms with Crippen LogP contribution in [-0.4, -0.2) is 111 Å². The molecule has 0 radical (unpaired) electrons. The molecule has 2 aliphatic heterocycles. The van der Waals surface area contributed by atoms with Gasteiger partial charge in [0.15, 0.2) is 28.4 Å². The summed E-state index contributed by atoms with van der Waals surface area (Å²) in [4.78, 5) is 18.4. The fourth-order valence-corrected chi connectivity index (χ4v) is 4.38.